The number of benzene rings is 1. The predicted molar refractivity (Wildman–Crippen MR) is 68.9 cm³/mol. The molecule has 0 aliphatic carbocycles. The predicted octanol–water partition coefficient (Wildman–Crippen LogP) is 2.96. The highest BCUT2D eigenvalue weighted by Crippen LogP contribution is 2.25. The molecule has 0 fully saturated rings. The smallest absolute Gasteiger partial charge is 0.119 e. The van der Waals surface area contributed by atoms with Crippen molar-refractivity contribution in [1.82, 2.24) is 0 Å². The molecule has 0 heterocycles. The highest BCUT2D eigenvalue weighted by molar-refractivity contribution is 5.32. The Morgan fingerprint density at radius 2 is 2.00 bits per heavy atom. The van der Waals surface area contributed by atoms with E-state index in [9.17, 15) is 0 Å². The van der Waals surface area contributed by atoms with Crippen molar-refractivity contribution in [1.29, 1.82) is 0 Å². The van der Waals surface area contributed by atoms with Crippen molar-refractivity contribution in [3.63, 3.8) is 0 Å². The van der Waals surface area contributed by atoms with Crippen LogP contribution in [0.25, 0.3) is 0 Å². The molecule has 0 amide bonds. The summed E-state index contributed by atoms with van der Waals surface area (Å²) in [6.45, 7) is 10.1. The molecule has 1 atom stereocenters. The van der Waals surface area contributed by atoms with Gasteiger partial charge in [-0.25, -0.2) is 0 Å². The number of ether oxygens (including phenoxy) is 1. The Labute approximate surface area is 98.8 Å². The van der Waals surface area contributed by atoms with Crippen LogP contribution >= 0.6 is 0 Å². The minimum Gasteiger partial charge on any atom is -0.493 e. The third kappa shape index (κ3) is 3.86. The van der Waals surface area contributed by atoms with E-state index in [0.29, 0.717) is 19.1 Å². The SMILES string of the molecule is C[C@H](CN)COc1cccc(C(C)(C)C)c1. The number of nitrogens with two attached hydrogens (primary N) is 1. The van der Waals surface area contributed by atoms with Gasteiger partial charge in [0, 0.05) is 5.92 Å². The Balaban J connectivity index is 2.68. The van der Waals surface area contributed by atoms with Crippen LogP contribution in [0.4, 0.5) is 0 Å². The van der Waals surface area contributed by atoms with Crippen LogP contribution in [0.2, 0.25) is 0 Å². The maximum absolute atomic E-state index is 5.71. The van der Waals surface area contributed by atoms with Crippen molar-refractivity contribution in [2.45, 2.75) is 33.1 Å². The van der Waals surface area contributed by atoms with E-state index < -0.39 is 0 Å². The lowest BCUT2D eigenvalue weighted by Crippen LogP contribution is -2.18. The van der Waals surface area contributed by atoms with Crippen LogP contribution in [-0.2, 0) is 5.41 Å². The van der Waals surface area contributed by atoms with E-state index in [4.69, 9.17) is 10.5 Å². The summed E-state index contributed by atoms with van der Waals surface area (Å²) in [5.41, 5.74) is 7.02. The van der Waals surface area contributed by atoms with Gasteiger partial charge in [-0.2, -0.15) is 0 Å². The molecule has 16 heavy (non-hydrogen) atoms. The quantitative estimate of drug-likeness (QED) is 0.848. The van der Waals surface area contributed by atoms with E-state index in [2.05, 4.69) is 39.8 Å². The van der Waals surface area contributed by atoms with Gasteiger partial charge in [0.25, 0.3) is 0 Å². The molecule has 0 spiro atoms. The van der Waals surface area contributed by atoms with Crippen molar-refractivity contribution < 1.29 is 4.74 Å². The standard InChI is InChI=1S/C14H23NO/c1-11(9-15)10-16-13-7-5-6-12(8-13)14(2,3)4/h5-8,11H,9-10,15H2,1-4H3/t11-/m1/s1. The summed E-state index contributed by atoms with van der Waals surface area (Å²) >= 11 is 0. The normalized spacial score (nSPS) is 13.6. The Hall–Kier alpha value is -1.02. The Morgan fingerprint density at radius 3 is 2.56 bits per heavy atom. The molecule has 1 aromatic carbocycles. The average Bonchev–Trinajstić information content (AvgIpc) is 2.25. The molecule has 0 aliphatic rings. The zero-order valence-corrected chi connectivity index (χ0v) is 10.8. The second-order valence-electron chi connectivity index (χ2n) is 5.43. The molecule has 0 radical (unpaired) electrons. The molecule has 0 saturated carbocycles. The highest BCUT2D eigenvalue weighted by Gasteiger charge is 2.13. The van der Waals surface area contributed by atoms with E-state index in [1.807, 2.05) is 12.1 Å². The molecule has 0 unspecified atom stereocenters. The third-order valence-electron chi connectivity index (χ3n) is 2.64. The van der Waals surface area contributed by atoms with Crippen molar-refractivity contribution >= 4 is 0 Å². The maximum atomic E-state index is 5.71. The topological polar surface area (TPSA) is 35.2 Å². The lowest BCUT2D eigenvalue weighted by molar-refractivity contribution is 0.263. The first-order valence-corrected chi connectivity index (χ1v) is 5.87. The van der Waals surface area contributed by atoms with Gasteiger partial charge in [-0.1, -0.05) is 39.8 Å². The fourth-order valence-electron chi connectivity index (χ4n) is 1.36. The van der Waals surface area contributed by atoms with Gasteiger partial charge >= 0.3 is 0 Å². The van der Waals surface area contributed by atoms with Crippen LogP contribution in [0, 0.1) is 5.92 Å². The van der Waals surface area contributed by atoms with Gasteiger partial charge < -0.3 is 10.5 Å². The Bertz CT molecular complexity index is 328. The van der Waals surface area contributed by atoms with Gasteiger partial charge in [0.2, 0.25) is 0 Å². The third-order valence-corrected chi connectivity index (χ3v) is 2.64. The highest BCUT2D eigenvalue weighted by atomic mass is 16.5. The summed E-state index contributed by atoms with van der Waals surface area (Å²) in [4.78, 5) is 0. The first-order valence-electron chi connectivity index (χ1n) is 5.87. The van der Waals surface area contributed by atoms with E-state index in [1.165, 1.54) is 5.56 Å². The molecule has 90 valence electrons. The van der Waals surface area contributed by atoms with E-state index in [1.54, 1.807) is 0 Å². The molecule has 0 bridgehead atoms. The summed E-state index contributed by atoms with van der Waals surface area (Å²) in [5.74, 6) is 1.34. The first-order chi connectivity index (χ1) is 7.43. The van der Waals surface area contributed by atoms with Gasteiger partial charge in [-0.15, -0.1) is 0 Å². The Morgan fingerprint density at radius 1 is 1.31 bits per heavy atom. The lowest BCUT2D eigenvalue weighted by atomic mass is 9.87. The molecule has 0 aromatic heterocycles. The minimum absolute atomic E-state index is 0.166. The summed E-state index contributed by atoms with van der Waals surface area (Å²) in [7, 11) is 0. The lowest BCUT2D eigenvalue weighted by Gasteiger charge is -2.20. The zero-order valence-electron chi connectivity index (χ0n) is 10.8. The number of rotatable bonds is 4. The van der Waals surface area contributed by atoms with Crippen LogP contribution in [0.15, 0.2) is 24.3 Å². The van der Waals surface area contributed by atoms with Crippen LogP contribution in [0.5, 0.6) is 5.75 Å². The first kappa shape index (κ1) is 13.0. The van der Waals surface area contributed by atoms with E-state index >= 15 is 0 Å². The van der Waals surface area contributed by atoms with E-state index in [0.717, 1.165) is 5.75 Å². The second kappa shape index (κ2) is 5.35. The van der Waals surface area contributed by atoms with Crippen molar-refractivity contribution in [3.05, 3.63) is 29.8 Å². The molecular weight excluding hydrogens is 198 g/mol. The van der Waals surface area contributed by atoms with E-state index in [-0.39, 0.29) is 5.41 Å². The Kier molecular flexibility index (Phi) is 4.36. The largest absolute Gasteiger partial charge is 0.493 e. The zero-order chi connectivity index (χ0) is 12.2. The maximum Gasteiger partial charge on any atom is 0.119 e. The van der Waals surface area contributed by atoms with Crippen LogP contribution in [0.3, 0.4) is 0 Å². The summed E-state index contributed by atoms with van der Waals surface area (Å²) in [6.07, 6.45) is 0. The number of hydrogen-bond acceptors (Lipinski definition) is 2. The molecule has 1 aromatic rings. The molecule has 0 saturated heterocycles. The second-order valence-corrected chi connectivity index (χ2v) is 5.43. The summed E-state index contributed by atoms with van der Waals surface area (Å²) in [6, 6.07) is 8.30. The van der Waals surface area contributed by atoms with Gasteiger partial charge in [0.15, 0.2) is 0 Å². The van der Waals surface area contributed by atoms with Gasteiger partial charge in [0.1, 0.15) is 5.75 Å². The molecule has 2 N–H and O–H groups in total. The van der Waals surface area contributed by atoms with Crippen LogP contribution in [-0.4, -0.2) is 13.2 Å². The molecule has 1 rings (SSSR count). The number of hydrogen-bond donors (Lipinski definition) is 1. The summed E-state index contributed by atoms with van der Waals surface area (Å²) in [5, 5.41) is 0. The fraction of sp³-hybridized carbons (Fsp3) is 0.571. The molecule has 2 nitrogen and oxygen atoms in total. The van der Waals surface area contributed by atoms with Gasteiger partial charge in [-0.3, -0.25) is 0 Å². The molecule has 2 heteroatoms. The van der Waals surface area contributed by atoms with Gasteiger partial charge in [0.05, 0.1) is 6.61 Å². The molecule has 0 aliphatic heterocycles. The van der Waals surface area contributed by atoms with Crippen molar-refractivity contribution in [2.24, 2.45) is 11.7 Å². The molecular formula is C14H23NO. The summed E-state index contributed by atoms with van der Waals surface area (Å²) < 4.78 is 5.71. The van der Waals surface area contributed by atoms with Crippen molar-refractivity contribution in [2.75, 3.05) is 13.2 Å². The van der Waals surface area contributed by atoms with Crippen LogP contribution < -0.4 is 10.5 Å². The van der Waals surface area contributed by atoms with Gasteiger partial charge in [-0.05, 0) is 29.7 Å². The fourth-order valence-corrected chi connectivity index (χ4v) is 1.36. The average molecular weight is 221 g/mol. The minimum atomic E-state index is 0.166. The van der Waals surface area contributed by atoms with Crippen molar-refractivity contribution in [3.8, 4) is 5.75 Å². The monoisotopic (exact) mass is 221 g/mol. The van der Waals surface area contributed by atoms with Crippen LogP contribution in [0.1, 0.15) is 33.3 Å².